The molecule has 0 bridgehead atoms. The van der Waals surface area contributed by atoms with Crippen LogP contribution in [-0.2, 0) is 4.74 Å². The summed E-state index contributed by atoms with van der Waals surface area (Å²) in [5, 5.41) is 18.3. The van der Waals surface area contributed by atoms with Gasteiger partial charge in [-0.3, -0.25) is 0 Å². The third kappa shape index (κ3) is 4.46. The molecule has 0 aromatic carbocycles. The summed E-state index contributed by atoms with van der Waals surface area (Å²) >= 11 is 0. The van der Waals surface area contributed by atoms with E-state index in [0.717, 1.165) is 19.3 Å². The number of carbonyl (C=O) groups excluding carboxylic acids is 1. The molecule has 0 saturated carbocycles. The van der Waals surface area contributed by atoms with Crippen LogP contribution in [0.1, 0.15) is 40.0 Å². The van der Waals surface area contributed by atoms with Crippen LogP contribution >= 0.6 is 0 Å². The van der Waals surface area contributed by atoms with E-state index in [0.29, 0.717) is 12.5 Å². The van der Waals surface area contributed by atoms with E-state index in [1.54, 1.807) is 4.90 Å². The first-order chi connectivity index (χ1) is 8.37. The molecule has 0 aliphatic carbocycles. The van der Waals surface area contributed by atoms with Gasteiger partial charge in [0, 0.05) is 13.2 Å². The van der Waals surface area contributed by atoms with Gasteiger partial charge in [-0.15, -0.1) is 0 Å². The molecule has 18 heavy (non-hydrogen) atoms. The zero-order valence-corrected chi connectivity index (χ0v) is 11.6. The zero-order valence-electron chi connectivity index (χ0n) is 11.6. The van der Waals surface area contributed by atoms with Gasteiger partial charge in [0.2, 0.25) is 0 Å². The maximum Gasteiger partial charge on any atom is 0.410 e. The summed E-state index contributed by atoms with van der Waals surface area (Å²) in [4.78, 5) is 13.6. The van der Waals surface area contributed by atoms with Crippen LogP contribution in [0.3, 0.4) is 0 Å². The Balaban J connectivity index is 2.58. The monoisotopic (exact) mass is 259 g/mol. The Morgan fingerprint density at radius 2 is 2.06 bits per heavy atom. The Labute approximate surface area is 109 Å². The van der Waals surface area contributed by atoms with E-state index in [2.05, 4.69) is 0 Å². The topological polar surface area (TPSA) is 70.0 Å². The van der Waals surface area contributed by atoms with Gasteiger partial charge < -0.3 is 19.8 Å². The van der Waals surface area contributed by atoms with Crippen LogP contribution in [0.5, 0.6) is 0 Å². The summed E-state index contributed by atoms with van der Waals surface area (Å²) in [5.41, 5.74) is -0.515. The highest BCUT2D eigenvalue weighted by Crippen LogP contribution is 2.26. The van der Waals surface area contributed by atoms with E-state index in [-0.39, 0.29) is 25.3 Å². The van der Waals surface area contributed by atoms with Gasteiger partial charge in [-0.1, -0.05) is 0 Å². The highest BCUT2D eigenvalue weighted by molar-refractivity contribution is 5.68. The number of ether oxygens (including phenoxy) is 1. The lowest BCUT2D eigenvalue weighted by Crippen LogP contribution is -2.49. The highest BCUT2D eigenvalue weighted by Gasteiger charge is 2.33. The number of hydrogen-bond acceptors (Lipinski definition) is 4. The Kier molecular flexibility index (Phi) is 5.41. The second-order valence-electron chi connectivity index (χ2n) is 5.91. The van der Waals surface area contributed by atoms with Crippen molar-refractivity contribution in [2.24, 2.45) is 5.92 Å². The summed E-state index contributed by atoms with van der Waals surface area (Å²) in [6.45, 7) is 6.19. The molecule has 2 N–H and O–H groups in total. The SMILES string of the molecule is CC(C)(C)OC(=O)N1CCC(CCO)CC1CO. The summed E-state index contributed by atoms with van der Waals surface area (Å²) in [6.07, 6.45) is 1.97. The summed E-state index contributed by atoms with van der Waals surface area (Å²) in [5.74, 6) is 0.380. The Morgan fingerprint density at radius 3 is 2.56 bits per heavy atom. The van der Waals surface area contributed by atoms with Crippen LogP contribution in [0.4, 0.5) is 4.79 Å². The molecule has 0 aromatic heterocycles. The van der Waals surface area contributed by atoms with Crippen LogP contribution in [0.25, 0.3) is 0 Å². The zero-order chi connectivity index (χ0) is 13.8. The van der Waals surface area contributed by atoms with Crippen molar-refractivity contribution in [3.05, 3.63) is 0 Å². The minimum Gasteiger partial charge on any atom is -0.444 e. The summed E-state index contributed by atoms with van der Waals surface area (Å²) in [6, 6.07) is -0.190. The van der Waals surface area contributed by atoms with Crippen molar-refractivity contribution < 1.29 is 19.7 Å². The number of hydrogen-bond donors (Lipinski definition) is 2. The minimum atomic E-state index is -0.515. The molecule has 0 spiro atoms. The fourth-order valence-electron chi connectivity index (χ4n) is 2.31. The highest BCUT2D eigenvalue weighted by atomic mass is 16.6. The van der Waals surface area contributed by atoms with Crippen LogP contribution in [0.2, 0.25) is 0 Å². The van der Waals surface area contributed by atoms with Crippen molar-refractivity contribution in [1.82, 2.24) is 4.90 Å². The Bertz CT molecular complexity index is 275. The molecule has 1 heterocycles. The molecular formula is C13H25NO4. The molecule has 2 atom stereocenters. The largest absolute Gasteiger partial charge is 0.444 e. The smallest absolute Gasteiger partial charge is 0.410 e. The molecule has 5 heteroatoms. The molecule has 1 saturated heterocycles. The molecule has 1 aliphatic heterocycles. The predicted molar refractivity (Wildman–Crippen MR) is 68.2 cm³/mol. The van der Waals surface area contributed by atoms with Gasteiger partial charge in [-0.05, 0) is 46.0 Å². The first-order valence-corrected chi connectivity index (χ1v) is 6.58. The number of nitrogens with zero attached hydrogens (tertiary/aromatic N) is 1. The lowest BCUT2D eigenvalue weighted by atomic mass is 9.89. The number of amides is 1. The fourth-order valence-corrected chi connectivity index (χ4v) is 2.31. The van der Waals surface area contributed by atoms with Gasteiger partial charge in [-0.25, -0.2) is 4.79 Å². The molecule has 106 valence electrons. The van der Waals surface area contributed by atoms with E-state index < -0.39 is 5.60 Å². The predicted octanol–water partition coefficient (Wildman–Crippen LogP) is 1.38. The second kappa shape index (κ2) is 6.38. The number of carbonyl (C=O) groups is 1. The fraction of sp³-hybridized carbons (Fsp3) is 0.923. The van der Waals surface area contributed by atoms with Crippen LogP contribution in [-0.4, -0.2) is 52.6 Å². The molecule has 1 amide bonds. The average molecular weight is 259 g/mol. The molecule has 5 nitrogen and oxygen atoms in total. The molecule has 0 aromatic rings. The lowest BCUT2D eigenvalue weighted by molar-refractivity contribution is -0.00607. The maximum atomic E-state index is 12.0. The first-order valence-electron chi connectivity index (χ1n) is 6.58. The normalized spacial score (nSPS) is 25.1. The molecular weight excluding hydrogens is 234 g/mol. The summed E-state index contributed by atoms with van der Waals surface area (Å²) in [7, 11) is 0. The van der Waals surface area contributed by atoms with E-state index in [1.165, 1.54) is 0 Å². The first kappa shape index (κ1) is 15.2. The Morgan fingerprint density at radius 1 is 1.39 bits per heavy atom. The second-order valence-corrected chi connectivity index (χ2v) is 5.91. The van der Waals surface area contributed by atoms with Gasteiger partial charge in [-0.2, -0.15) is 0 Å². The van der Waals surface area contributed by atoms with E-state index in [9.17, 15) is 9.90 Å². The van der Waals surface area contributed by atoms with Crippen LogP contribution in [0, 0.1) is 5.92 Å². The molecule has 2 unspecified atom stereocenters. The van der Waals surface area contributed by atoms with E-state index in [4.69, 9.17) is 9.84 Å². The van der Waals surface area contributed by atoms with Gasteiger partial charge >= 0.3 is 6.09 Å². The van der Waals surface area contributed by atoms with Crippen LogP contribution < -0.4 is 0 Å². The lowest BCUT2D eigenvalue weighted by Gasteiger charge is -2.39. The van der Waals surface area contributed by atoms with Crippen LogP contribution in [0.15, 0.2) is 0 Å². The molecule has 1 rings (SSSR count). The van der Waals surface area contributed by atoms with E-state index >= 15 is 0 Å². The van der Waals surface area contributed by atoms with Crippen molar-refractivity contribution in [1.29, 1.82) is 0 Å². The van der Waals surface area contributed by atoms with Gasteiger partial charge in [0.15, 0.2) is 0 Å². The quantitative estimate of drug-likeness (QED) is 0.803. The van der Waals surface area contributed by atoms with E-state index in [1.807, 2.05) is 20.8 Å². The Hall–Kier alpha value is -0.810. The maximum absolute atomic E-state index is 12.0. The standard InChI is InChI=1S/C13H25NO4/c1-13(2,3)18-12(17)14-6-4-10(5-7-15)8-11(14)9-16/h10-11,15-16H,4-9H2,1-3H3. The van der Waals surface area contributed by atoms with Crippen molar-refractivity contribution in [3.63, 3.8) is 0 Å². The molecule has 1 fully saturated rings. The third-order valence-corrected chi connectivity index (χ3v) is 3.20. The summed E-state index contributed by atoms with van der Waals surface area (Å²) < 4.78 is 5.33. The molecule has 0 radical (unpaired) electrons. The average Bonchev–Trinajstić information content (AvgIpc) is 2.27. The van der Waals surface area contributed by atoms with Crippen molar-refractivity contribution >= 4 is 6.09 Å². The number of rotatable bonds is 3. The van der Waals surface area contributed by atoms with Crippen molar-refractivity contribution in [2.45, 2.75) is 51.7 Å². The van der Waals surface area contributed by atoms with Gasteiger partial charge in [0.1, 0.15) is 5.60 Å². The van der Waals surface area contributed by atoms with Crippen molar-refractivity contribution in [2.75, 3.05) is 19.8 Å². The number of aliphatic hydroxyl groups excluding tert-OH is 2. The van der Waals surface area contributed by atoms with Gasteiger partial charge in [0.05, 0.1) is 12.6 Å². The number of aliphatic hydroxyl groups is 2. The number of likely N-dealkylation sites (tertiary alicyclic amines) is 1. The number of piperidine rings is 1. The minimum absolute atomic E-state index is 0.0544. The third-order valence-electron chi connectivity index (χ3n) is 3.20. The molecule has 1 aliphatic rings. The van der Waals surface area contributed by atoms with Gasteiger partial charge in [0.25, 0.3) is 0 Å². The van der Waals surface area contributed by atoms with Crippen molar-refractivity contribution in [3.8, 4) is 0 Å².